The van der Waals surface area contributed by atoms with Crippen molar-refractivity contribution in [3.05, 3.63) is 88.5 Å². The van der Waals surface area contributed by atoms with E-state index >= 15 is 0 Å². The van der Waals surface area contributed by atoms with Gasteiger partial charge in [0.05, 0.1) is 32.1 Å². The van der Waals surface area contributed by atoms with Crippen LogP contribution in [0.3, 0.4) is 0 Å². The SMILES string of the molecule is COc1cc(C(=O)N2CCO[C@](CCN3CCC4(CC3)c3ccccc3CS4=O)(c3ccc(F)c(F)c3)C2)cc(O)c1OC. The lowest BCUT2D eigenvalue weighted by atomic mass is 9.85. The number of piperidine rings is 1. The maximum absolute atomic E-state index is 14.5. The number of halogens is 2. The van der Waals surface area contributed by atoms with Crippen LogP contribution < -0.4 is 9.47 Å². The van der Waals surface area contributed by atoms with Gasteiger partial charge in [0.2, 0.25) is 5.75 Å². The molecule has 2 atom stereocenters. The molecule has 0 radical (unpaired) electrons. The first-order valence-electron chi connectivity index (χ1n) is 14.7. The average Bonchev–Trinajstić information content (AvgIpc) is 3.31. The largest absolute Gasteiger partial charge is 0.504 e. The van der Waals surface area contributed by atoms with Crippen molar-refractivity contribution in [3.8, 4) is 17.2 Å². The Labute approximate surface area is 258 Å². The van der Waals surface area contributed by atoms with Crippen molar-refractivity contribution >= 4 is 16.7 Å². The van der Waals surface area contributed by atoms with Crippen LogP contribution in [0.15, 0.2) is 54.6 Å². The number of ether oxygens (including phenoxy) is 3. The third-order valence-corrected chi connectivity index (χ3v) is 11.4. The number of nitrogens with zero attached hydrogens (tertiary/aromatic N) is 2. The van der Waals surface area contributed by atoms with Crippen LogP contribution in [0.5, 0.6) is 17.2 Å². The highest BCUT2D eigenvalue weighted by Crippen LogP contribution is 2.47. The number of phenolic OH excluding ortho intramolecular Hbond substituents is 1. The Bertz CT molecular complexity index is 1590. The van der Waals surface area contributed by atoms with Crippen molar-refractivity contribution in [2.24, 2.45) is 0 Å². The summed E-state index contributed by atoms with van der Waals surface area (Å²) in [6.07, 6.45) is 1.96. The van der Waals surface area contributed by atoms with E-state index in [0.717, 1.165) is 38.1 Å². The molecule has 3 aromatic rings. The van der Waals surface area contributed by atoms with Gasteiger partial charge in [-0.25, -0.2) is 8.78 Å². The zero-order valence-corrected chi connectivity index (χ0v) is 25.6. The van der Waals surface area contributed by atoms with Crippen molar-refractivity contribution in [2.45, 2.75) is 35.4 Å². The molecule has 44 heavy (non-hydrogen) atoms. The van der Waals surface area contributed by atoms with Crippen LogP contribution in [-0.2, 0) is 31.6 Å². The molecule has 0 saturated carbocycles. The first-order valence-corrected chi connectivity index (χ1v) is 16.0. The molecule has 2 fully saturated rings. The molecule has 0 aliphatic carbocycles. The number of phenols is 1. The Morgan fingerprint density at radius 3 is 2.52 bits per heavy atom. The molecule has 3 heterocycles. The van der Waals surface area contributed by atoms with Crippen LogP contribution in [-0.4, -0.2) is 78.6 Å². The van der Waals surface area contributed by atoms with E-state index in [1.807, 2.05) is 12.1 Å². The van der Waals surface area contributed by atoms with Gasteiger partial charge in [-0.05, 0) is 73.3 Å². The Hall–Kier alpha value is -3.54. The zero-order chi connectivity index (χ0) is 31.1. The number of likely N-dealkylation sites (tertiary alicyclic amines) is 1. The number of methoxy groups -OCH3 is 2. The summed E-state index contributed by atoms with van der Waals surface area (Å²) in [7, 11) is 1.84. The molecule has 3 aromatic carbocycles. The van der Waals surface area contributed by atoms with Crippen molar-refractivity contribution in [1.82, 2.24) is 9.80 Å². The Morgan fingerprint density at radius 2 is 1.80 bits per heavy atom. The van der Waals surface area contributed by atoms with E-state index in [0.29, 0.717) is 24.3 Å². The molecule has 1 N–H and O–H groups in total. The second kappa shape index (κ2) is 12.1. The normalized spacial score (nSPS) is 23.0. The van der Waals surface area contributed by atoms with E-state index in [-0.39, 0.29) is 53.2 Å². The maximum atomic E-state index is 14.5. The highest BCUT2D eigenvalue weighted by Gasteiger charge is 2.47. The van der Waals surface area contributed by atoms with E-state index in [1.54, 1.807) is 4.90 Å². The Balaban J connectivity index is 1.23. The molecule has 1 amide bonds. The highest BCUT2D eigenvalue weighted by atomic mass is 32.2. The molecule has 3 aliphatic heterocycles. The molecule has 1 unspecified atom stereocenters. The molecule has 0 bridgehead atoms. The second-order valence-corrected chi connectivity index (χ2v) is 13.4. The lowest BCUT2D eigenvalue weighted by molar-refractivity contribution is -0.113. The summed E-state index contributed by atoms with van der Waals surface area (Å²) in [6.45, 7) is 2.62. The Morgan fingerprint density at radius 1 is 1.02 bits per heavy atom. The van der Waals surface area contributed by atoms with Gasteiger partial charge in [0.15, 0.2) is 23.1 Å². The van der Waals surface area contributed by atoms with Gasteiger partial charge in [0, 0.05) is 35.2 Å². The Kier molecular flexibility index (Phi) is 8.38. The van der Waals surface area contributed by atoms with Gasteiger partial charge in [0.25, 0.3) is 5.91 Å². The lowest BCUT2D eigenvalue weighted by Crippen LogP contribution is -2.53. The summed E-state index contributed by atoms with van der Waals surface area (Å²) in [4.78, 5) is 17.6. The lowest BCUT2D eigenvalue weighted by Gasteiger charge is -2.45. The summed E-state index contributed by atoms with van der Waals surface area (Å²) in [5, 5.41) is 10.5. The molecule has 0 aromatic heterocycles. The molecule has 2 saturated heterocycles. The van der Waals surface area contributed by atoms with E-state index in [4.69, 9.17) is 14.2 Å². The van der Waals surface area contributed by atoms with E-state index in [2.05, 4.69) is 17.0 Å². The third-order valence-electron chi connectivity index (χ3n) is 9.35. The number of fused-ring (bicyclic) bond motifs is 2. The number of benzene rings is 3. The quantitative estimate of drug-likeness (QED) is 0.407. The summed E-state index contributed by atoms with van der Waals surface area (Å²) in [5.74, 6) is -1.62. The predicted octanol–water partition coefficient (Wildman–Crippen LogP) is 4.70. The number of morpholine rings is 1. The zero-order valence-electron chi connectivity index (χ0n) is 24.8. The number of aromatic hydroxyl groups is 1. The van der Waals surface area contributed by atoms with Crippen molar-refractivity contribution < 1.29 is 37.1 Å². The fourth-order valence-corrected chi connectivity index (χ4v) is 8.82. The van der Waals surface area contributed by atoms with Crippen molar-refractivity contribution in [1.29, 1.82) is 0 Å². The fourth-order valence-electron chi connectivity index (χ4n) is 6.92. The second-order valence-electron chi connectivity index (χ2n) is 11.7. The molecular weight excluding hydrogens is 590 g/mol. The number of hydrogen-bond donors (Lipinski definition) is 1. The molecule has 234 valence electrons. The topological polar surface area (TPSA) is 88.5 Å². The number of amides is 1. The first-order chi connectivity index (χ1) is 21.2. The third kappa shape index (κ3) is 5.35. The predicted molar refractivity (Wildman–Crippen MR) is 161 cm³/mol. The van der Waals surface area contributed by atoms with Crippen LogP contribution >= 0.6 is 0 Å². The van der Waals surface area contributed by atoms with Gasteiger partial charge >= 0.3 is 0 Å². The van der Waals surface area contributed by atoms with E-state index in [1.165, 1.54) is 43.5 Å². The summed E-state index contributed by atoms with van der Waals surface area (Å²) < 4.78 is 58.3. The number of carbonyl (C=O) groups is 1. The number of carbonyl (C=O) groups excluding carboxylic acids is 1. The van der Waals surface area contributed by atoms with Crippen molar-refractivity contribution in [2.75, 3.05) is 53.6 Å². The van der Waals surface area contributed by atoms with Gasteiger partial charge in [-0.15, -0.1) is 0 Å². The van der Waals surface area contributed by atoms with E-state index in [9.17, 15) is 22.9 Å². The highest BCUT2D eigenvalue weighted by molar-refractivity contribution is 7.85. The maximum Gasteiger partial charge on any atom is 0.254 e. The van der Waals surface area contributed by atoms with Crippen LogP contribution in [0, 0.1) is 11.6 Å². The average molecular weight is 627 g/mol. The first kappa shape index (κ1) is 30.5. The monoisotopic (exact) mass is 626 g/mol. The summed E-state index contributed by atoms with van der Waals surface area (Å²) in [6, 6.07) is 14.8. The molecular formula is C33H36F2N2O6S. The molecule has 3 aliphatic rings. The molecule has 1 spiro atoms. The van der Waals surface area contributed by atoms with Crippen molar-refractivity contribution in [3.63, 3.8) is 0 Å². The van der Waals surface area contributed by atoms with Gasteiger partial charge in [-0.1, -0.05) is 30.3 Å². The molecule has 11 heteroatoms. The fraction of sp³-hybridized carbons (Fsp3) is 0.424. The standard InChI is InChI=1S/C33H36F2N2O6S/c1-41-29-18-23(17-28(38)30(29)42-2)31(39)37-15-16-43-32(21-37,24-7-8-26(34)27(35)19-24)9-12-36-13-10-33(11-14-36)25-6-4-3-5-22(25)20-44(33)40/h3-8,17-19,38H,9-16,20-21H2,1-2H3/t32-,44?/m0/s1. The summed E-state index contributed by atoms with van der Waals surface area (Å²) in [5.41, 5.74) is 1.91. The minimum Gasteiger partial charge on any atom is -0.504 e. The number of rotatable bonds is 7. The van der Waals surface area contributed by atoms with Crippen LogP contribution in [0.1, 0.15) is 46.3 Å². The minimum absolute atomic E-state index is 0.0984. The van der Waals surface area contributed by atoms with Crippen LogP contribution in [0.2, 0.25) is 0 Å². The van der Waals surface area contributed by atoms with Crippen LogP contribution in [0.25, 0.3) is 0 Å². The van der Waals surface area contributed by atoms with Crippen LogP contribution in [0.4, 0.5) is 8.78 Å². The van der Waals surface area contributed by atoms with E-state index < -0.39 is 28.0 Å². The smallest absolute Gasteiger partial charge is 0.254 e. The van der Waals surface area contributed by atoms with Gasteiger partial charge in [0.1, 0.15) is 5.60 Å². The molecule has 6 rings (SSSR count). The summed E-state index contributed by atoms with van der Waals surface area (Å²) >= 11 is 0. The van der Waals surface area contributed by atoms with Gasteiger partial charge < -0.3 is 29.1 Å². The van der Waals surface area contributed by atoms with Gasteiger partial charge in [-0.3, -0.25) is 9.00 Å². The molecule has 8 nitrogen and oxygen atoms in total. The minimum atomic E-state index is -1.10. The number of hydrogen-bond acceptors (Lipinski definition) is 7. The van der Waals surface area contributed by atoms with Gasteiger partial charge in [-0.2, -0.15) is 0 Å².